The zero-order valence-corrected chi connectivity index (χ0v) is 13.8. The quantitative estimate of drug-likeness (QED) is 0.620. The van der Waals surface area contributed by atoms with E-state index in [9.17, 15) is 9.59 Å². The van der Waals surface area contributed by atoms with E-state index in [0.717, 1.165) is 33.1 Å². The van der Waals surface area contributed by atoms with E-state index in [2.05, 4.69) is 24.1 Å². The Morgan fingerprint density at radius 1 is 1.45 bits per heavy atom. The van der Waals surface area contributed by atoms with Crippen LogP contribution in [-0.4, -0.2) is 27.2 Å². The second-order valence-electron chi connectivity index (χ2n) is 4.66. The molecule has 2 rings (SSSR count). The van der Waals surface area contributed by atoms with Crippen LogP contribution >= 0.6 is 23.1 Å². The molecule has 2 aromatic rings. The number of fused-ring (bicyclic) bond motifs is 1. The van der Waals surface area contributed by atoms with Crippen molar-refractivity contribution < 1.29 is 14.7 Å². The number of rotatable bonds is 6. The maximum atomic E-state index is 11.6. The van der Waals surface area contributed by atoms with Crippen LogP contribution in [0.25, 0.3) is 10.2 Å². The van der Waals surface area contributed by atoms with Gasteiger partial charge in [0.1, 0.15) is 0 Å². The average Bonchev–Trinajstić information content (AvgIpc) is 2.86. The summed E-state index contributed by atoms with van der Waals surface area (Å²) in [6, 6.07) is 5.45. The first-order valence-corrected chi connectivity index (χ1v) is 8.46. The number of hydrogen-bond acceptors (Lipinski definition) is 5. The number of thiazole rings is 1. The number of benzene rings is 1. The fourth-order valence-corrected chi connectivity index (χ4v) is 3.97. The summed E-state index contributed by atoms with van der Waals surface area (Å²) in [6.45, 7) is 4.31. The lowest BCUT2D eigenvalue weighted by molar-refractivity contribution is -0.131. The lowest BCUT2D eigenvalue weighted by atomic mass is 10.3. The second-order valence-corrected chi connectivity index (χ2v) is 7.38. The van der Waals surface area contributed by atoms with Gasteiger partial charge in [-0.05, 0) is 24.6 Å². The molecule has 0 saturated carbocycles. The minimum absolute atomic E-state index is 0.472. The first-order valence-electron chi connectivity index (χ1n) is 6.77. The maximum absolute atomic E-state index is 11.6. The van der Waals surface area contributed by atoms with Gasteiger partial charge in [-0.2, -0.15) is 0 Å². The van der Waals surface area contributed by atoms with Gasteiger partial charge in [-0.15, -0.1) is 11.3 Å². The SMILES string of the molecule is CC[C@@H](C)Sc1nc2ccc(NC(=O)/C=C/C(=O)O)cc2s1. The zero-order valence-electron chi connectivity index (χ0n) is 12.2. The standard InChI is InChI=1S/C15H16N2O3S2/c1-3-9(2)21-15-17-11-5-4-10(8-12(11)22-15)16-13(18)6-7-14(19)20/h4-9H,3H2,1-2H3,(H,16,18)(H,19,20)/b7-6+/t9-/m1/s1. The number of anilines is 1. The van der Waals surface area contributed by atoms with Crippen LogP contribution in [0.1, 0.15) is 20.3 Å². The molecule has 1 heterocycles. The Kier molecular flexibility index (Phi) is 5.57. The summed E-state index contributed by atoms with van der Waals surface area (Å²) in [5.41, 5.74) is 1.52. The number of nitrogens with one attached hydrogen (secondary N) is 1. The Labute approximate surface area is 136 Å². The van der Waals surface area contributed by atoms with Crippen molar-refractivity contribution in [2.75, 3.05) is 5.32 Å². The fraction of sp³-hybridized carbons (Fsp3) is 0.267. The molecule has 1 atom stereocenters. The summed E-state index contributed by atoms with van der Waals surface area (Å²) >= 11 is 3.33. The van der Waals surface area contributed by atoms with E-state index in [1.54, 1.807) is 29.2 Å². The third-order valence-electron chi connectivity index (χ3n) is 2.89. The Morgan fingerprint density at radius 2 is 2.23 bits per heavy atom. The van der Waals surface area contributed by atoms with Crippen LogP contribution in [0, 0.1) is 0 Å². The third kappa shape index (κ3) is 4.57. The van der Waals surface area contributed by atoms with Crippen LogP contribution in [0.3, 0.4) is 0 Å². The maximum Gasteiger partial charge on any atom is 0.328 e. The highest BCUT2D eigenvalue weighted by molar-refractivity contribution is 8.01. The van der Waals surface area contributed by atoms with Crippen molar-refractivity contribution in [2.24, 2.45) is 0 Å². The highest BCUT2D eigenvalue weighted by Gasteiger charge is 2.09. The summed E-state index contributed by atoms with van der Waals surface area (Å²) in [5, 5.41) is 11.6. The summed E-state index contributed by atoms with van der Waals surface area (Å²) in [4.78, 5) is 26.5. The smallest absolute Gasteiger partial charge is 0.328 e. The number of aromatic nitrogens is 1. The van der Waals surface area contributed by atoms with Crippen LogP contribution < -0.4 is 5.32 Å². The number of nitrogens with zero attached hydrogens (tertiary/aromatic N) is 1. The molecule has 1 aromatic heterocycles. The van der Waals surface area contributed by atoms with Crippen molar-refractivity contribution in [3.8, 4) is 0 Å². The van der Waals surface area contributed by atoms with E-state index >= 15 is 0 Å². The number of carbonyl (C=O) groups excluding carboxylic acids is 1. The van der Waals surface area contributed by atoms with Gasteiger partial charge in [0.2, 0.25) is 5.91 Å². The molecule has 0 bridgehead atoms. The van der Waals surface area contributed by atoms with Crippen molar-refractivity contribution >= 4 is 50.9 Å². The molecule has 0 aliphatic heterocycles. The molecule has 22 heavy (non-hydrogen) atoms. The van der Waals surface area contributed by atoms with Gasteiger partial charge in [0.15, 0.2) is 4.34 Å². The molecule has 0 aliphatic rings. The minimum Gasteiger partial charge on any atom is -0.478 e. The molecule has 5 nitrogen and oxygen atoms in total. The number of amides is 1. The molecule has 2 N–H and O–H groups in total. The molecule has 116 valence electrons. The normalized spacial score (nSPS) is 12.6. The molecule has 7 heteroatoms. The number of thioether (sulfide) groups is 1. The van der Waals surface area contributed by atoms with Crippen LogP contribution in [0.2, 0.25) is 0 Å². The molecular formula is C15H16N2O3S2. The predicted molar refractivity (Wildman–Crippen MR) is 90.6 cm³/mol. The van der Waals surface area contributed by atoms with Crippen LogP contribution in [0.15, 0.2) is 34.7 Å². The van der Waals surface area contributed by atoms with E-state index in [1.165, 1.54) is 0 Å². The minimum atomic E-state index is -1.15. The number of carboxylic acids is 1. The number of carbonyl (C=O) groups is 2. The lowest BCUT2D eigenvalue weighted by Crippen LogP contribution is -2.08. The van der Waals surface area contributed by atoms with Crippen LogP contribution in [-0.2, 0) is 9.59 Å². The van der Waals surface area contributed by atoms with Crippen molar-refractivity contribution in [3.63, 3.8) is 0 Å². The first-order chi connectivity index (χ1) is 10.5. The van der Waals surface area contributed by atoms with Gasteiger partial charge in [0.25, 0.3) is 0 Å². The summed E-state index contributed by atoms with van der Waals surface area (Å²) < 4.78 is 2.00. The first kappa shape index (κ1) is 16.5. The Morgan fingerprint density at radius 3 is 2.91 bits per heavy atom. The largest absolute Gasteiger partial charge is 0.478 e. The van der Waals surface area contributed by atoms with Crippen LogP contribution in [0.5, 0.6) is 0 Å². The molecule has 0 aliphatic carbocycles. The highest BCUT2D eigenvalue weighted by atomic mass is 32.2. The van der Waals surface area contributed by atoms with Crippen molar-refractivity contribution in [2.45, 2.75) is 29.9 Å². The Balaban J connectivity index is 2.13. The molecule has 0 radical (unpaired) electrons. The van der Waals surface area contributed by atoms with E-state index < -0.39 is 11.9 Å². The van der Waals surface area contributed by atoms with Gasteiger partial charge in [0.05, 0.1) is 10.2 Å². The molecule has 0 unspecified atom stereocenters. The van der Waals surface area contributed by atoms with E-state index in [4.69, 9.17) is 5.11 Å². The van der Waals surface area contributed by atoms with Gasteiger partial charge >= 0.3 is 5.97 Å². The fourth-order valence-electron chi connectivity index (χ4n) is 1.62. The molecule has 0 spiro atoms. The van der Waals surface area contributed by atoms with Gasteiger partial charge in [0, 0.05) is 23.1 Å². The van der Waals surface area contributed by atoms with Crippen LogP contribution in [0.4, 0.5) is 5.69 Å². The summed E-state index contributed by atoms with van der Waals surface area (Å²) in [6.07, 6.45) is 2.88. The lowest BCUT2D eigenvalue weighted by Gasteiger charge is -2.02. The zero-order chi connectivity index (χ0) is 16.1. The predicted octanol–water partition coefficient (Wildman–Crippen LogP) is 3.77. The van der Waals surface area contributed by atoms with Gasteiger partial charge < -0.3 is 10.4 Å². The topological polar surface area (TPSA) is 79.3 Å². The van der Waals surface area contributed by atoms with Gasteiger partial charge in [-0.3, -0.25) is 4.79 Å². The molecule has 0 saturated heterocycles. The second kappa shape index (κ2) is 7.42. The Bertz CT molecular complexity index is 725. The van der Waals surface area contributed by atoms with E-state index in [0.29, 0.717) is 10.9 Å². The number of hydrogen-bond donors (Lipinski definition) is 2. The monoisotopic (exact) mass is 336 g/mol. The summed E-state index contributed by atoms with van der Waals surface area (Å²) in [7, 11) is 0. The number of aliphatic carboxylic acids is 1. The van der Waals surface area contributed by atoms with Crippen molar-refractivity contribution in [1.82, 2.24) is 4.98 Å². The van der Waals surface area contributed by atoms with E-state index in [1.807, 2.05) is 12.1 Å². The van der Waals surface area contributed by atoms with Crippen molar-refractivity contribution in [3.05, 3.63) is 30.4 Å². The Hall–Kier alpha value is -1.86. The molecule has 1 amide bonds. The highest BCUT2D eigenvalue weighted by Crippen LogP contribution is 2.34. The van der Waals surface area contributed by atoms with E-state index in [-0.39, 0.29) is 0 Å². The number of carboxylic acid groups (broad SMARTS) is 1. The van der Waals surface area contributed by atoms with Gasteiger partial charge in [-0.1, -0.05) is 25.6 Å². The summed E-state index contributed by atoms with van der Waals surface area (Å²) in [5.74, 6) is -1.62. The molecular weight excluding hydrogens is 320 g/mol. The molecule has 0 fully saturated rings. The molecule has 1 aromatic carbocycles. The average molecular weight is 336 g/mol. The third-order valence-corrected chi connectivity index (χ3v) is 5.27. The van der Waals surface area contributed by atoms with Crippen molar-refractivity contribution in [1.29, 1.82) is 0 Å². The van der Waals surface area contributed by atoms with Gasteiger partial charge in [-0.25, -0.2) is 9.78 Å².